The van der Waals surface area contributed by atoms with Gasteiger partial charge in [0.1, 0.15) is 35.5 Å². The Bertz CT molecular complexity index is 631. The third-order valence-electron chi connectivity index (χ3n) is 2.90. The Morgan fingerprint density at radius 2 is 0.688 bits per heavy atom. The minimum atomic E-state index is -1.03. The number of esters is 2. The largest absolute Gasteiger partial charge is 0.459 e. The number of hydrogen-bond donors (Lipinski definition) is 0. The summed E-state index contributed by atoms with van der Waals surface area (Å²) in [4.78, 5) is 50.9. The van der Waals surface area contributed by atoms with Crippen LogP contribution >= 0.6 is 0 Å². The third-order valence-corrected chi connectivity index (χ3v) is 2.90. The van der Waals surface area contributed by atoms with Crippen molar-refractivity contribution >= 4 is 24.1 Å². The molecule has 2 amide bonds. The second kappa shape index (κ2) is 10.4. The van der Waals surface area contributed by atoms with Gasteiger partial charge in [-0.3, -0.25) is 9.59 Å². The quantitative estimate of drug-likeness (QED) is 0.351. The van der Waals surface area contributed by atoms with Gasteiger partial charge in [-0.05, 0) is 83.1 Å². The highest BCUT2D eigenvalue weighted by Gasteiger charge is 2.37. The number of ether oxygens (including phenoxy) is 4. The van der Waals surface area contributed by atoms with Gasteiger partial charge in [0.25, 0.3) is 0 Å². The smallest absolute Gasteiger partial charge is 0.430 e. The van der Waals surface area contributed by atoms with E-state index in [1.807, 2.05) is 0 Å². The number of hydrogen-bond acceptors (Lipinski definition) is 8. The molecule has 0 spiro atoms. The fraction of sp³-hybridized carbons (Fsp3) is 0.818. The summed E-state index contributed by atoms with van der Waals surface area (Å²) in [5.41, 5.74) is -3.54. The summed E-state index contributed by atoms with van der Waals surface area (Å²) in [5.74, 6) is -1.61. The second-order valence-corrected chi connectivity index (χ2v) is 11.2. The zero-order valence-corrected chi connectivity index (χ0v) is 21.6. The van der Waals surface area contributed by atoms with E-state index in [4.69, 9.17) is 18.9 Å². The van der Waals surface area contributed by atoms with E-state index in [9.17, 15) is 19.2 Å². The molecule has 32 heavy (non-hydrogen) atoms. The van der Waals surface area contributed by atoms with Crippen molar-refractivity contribution in [2.75, 3.05) is 13.1 Å². The molecule has 0 aliphatic carbocycles. The summed E-state index contributed by atoms with van der Waals surface area (Å²) in [6.07, 6.45) is -2.06. The lowest BCUT2D eigenvalue weighted by Gasteiger charge is -2.36. The van der Waals surface area contributed by atoms with E-state index in [-0.39, 0.29) is 0 Å². The molecule has 0 unspecified atom stereocenters. The Labute approximate surface area is 191 Å². The molecule has 0 aromatic rings. The Kier molecular flexibility index (Phi) is 9.58. The maximum absolute atomic E-state index is 12.9. The van der Waals surface area contributed by atoms with E-state index >= 15 is 0 Å². The SMILES string of the molecule is CC(C)(C)OC(=O)CN(C(=O)OC(C)(C)C)N(CC(=O)OC(C)(C)C)C(=O)OC(C)(C)C. The van der Waals surface area contributed by atoms with Crippen molar-refractivity contribution in [2.45, 2.75) is 105 Å². The monoisotopic (exact) mass is 460 g/mol. The summed E-state index contributed by atoms with van der Waals surface area (Å²) in [7, 11) is 0. The fourth-order valence-corrected chi connectivity index (χ4v) is 2.12. The van der Waals surface area contributed by atoms with Crippen LogP contribution in [0.4, 0.5) is 9.59 Å². The maximum Gasteiger partial charge on any atom is 0.430 e. The lowest BCUT2D eigenvalue weighted by atomic mass is 10.2. The zero-order chi connectivity index (χ0) is 25.7. The van der Waals surface area contributed by atoms with Gasteiger partial charge in [0.05, 0.1) is 0 Å². The molecule has 0 aromatic carbocycles. The molecule has 0 heterocycles. The molecule has 0 atom stereocenters. The Hall–Kier alpha value is -2.52. The highest BCUT2D eigenvalue weighted by Crippen LogP contribution is 2.18. The standard InChI is InChI=1S/C22H40N2O8/c1-19(2,3)29-15(25)13-23(17(27)31-21(7,8)9)24(18(28)32-22(10,11)12)14-16(26)30-20(4,5)6/h13-14H2,1-12H3. The highest BCUT2D eigenvalue weighted by atomic mass is 16.6. The van der Waals surface area contributed by atoms with Crippen LogP contribution in [0.15, 0.2) is 0 Å². The topological polar surface area (TPSA) is 112 Å². The van der Waals surface area contributed by atoms with Crippen LogP contribution in [-0.4, -0.2) is 69.6 Å². The lowest BCUT2D eigenvalue weighted by molar-refractivity contribution is -0.167. The maximum atomic E-state index is 12.9. The van der Waals surface area contributed by atoms with Gasteiger partial charge in [-0.1, -0.05) is 0 Å². The van der Waals surface area contributed by atoms with Crippen molar-refractivity contribution in [3.63, 3.8) is 0 Å². The van der Waals surface area contributed by atoms with Crippen molar-refractivity contribution in [3.05, 3.63) is 0 Å². The molecule has 0 fully saturated rings. The molecule has 10 nitrogen and oxygen atoms in total. The number of carbonyl (C=O) groups excluding carboxylic acids is 4. The van der Waals surface area contributed by atoms with Crippen LogP contribution in [0.25, 0.3) is 0 Å². The zero-order valence-electron chi connectivity index (χ0n) is 21.6. The first-order chi connectivity index (χ1) is 14.0. The first-order valence-electron chi connectivity index (χ1n) is 10.4. The van der Waals surface area contributed by atoms with E-state index in [1.54, 1.807) is 83.1 Å². The van der Waals surface area contributed by atoms with Crippen LogP contribution < -0.4 is 0 Å². The number of hydrazine groups is 1. The number of nitrogens with zero attached hydrogens (tertiary/aromatic N) is 2. The number of amides is 2. The second-order valence-electron chi connectivity index (χ2n) is 11.2. The number of rotatable bonds is 4. The number of carbonyl (C=O) groups is 4. The molecule has 186 valence electrons. The molecule has 0 saturated heterocycles. The van der Waals surface area contributed by atoms with Crippen LogP contribution in [0.3, 0.4) is 0 Å². The van der Waals surface area contributed by atoms with Crippen molar-refractivity contribution in [2.24, 2.45) is 0 Å². The van der Waals surface area contributed by atoms with Gasteiger partial charge in [0.2, 0.25) is 0 Å². The third kappa shape index (κ3) is 13.7. The van der Waals surface area contributed by atoms with Crippen LogP contribution in [0.5, 0.6) is 0 Å². The molecule has 0 rings (SSSR count). The van der Waals surface area contributed by atoms with Crippen LogP contribution in [-0.2, 0) is 28.5 Å². The summed E-state index contributed by atoms with van der Waals surface area (Å²) < 4.78 is 21.3. The van der Waals surface area contributed by atoms with Crippen LogP contribution in [0.1, 0.15) is 83.1 Å². The summed E-state index contributed by atoms with van der Waals surface area (Å²) in [5, 5.41) is 1.38. The van der Waals surface area contributed by atoms with Crippen LogP contribution in [0, 0.1) is 0 Å². The summed E-state index contributed by atoms with van der Waals surface area (Å²) in [6, 6.07) is 0. The predicted molar refractivity (Wildman–Crippen MR) is 118 cm³/mol. The lowest BCUT2D eigenvalue weighted by Crippen LogP contribution is -2.56. The first-order valence-corrected chi connectivity index (χ1v) is 10.4. The summed E-state index contributed by atoms with van der Waals surface area (Å²) in [6.45, 7) is 18.4. The van der Waals surface area contributed by atoms with E-state index in [0.29, 0.717) is 10.0 Å². The average Bonchev–Trinajstić information content (AvgIpc) is 2.43. The summed E-state index contributed by atoms with van der Waals surface area (Å²) >= 11 is 0. The molecule has 0 aliphatic rings. The molecule has 0 radical (unpaired) electrons. The van der Waals surface area contributed by atoms with Gasteiger partial charge in [0.15, 0.2) is 0 Å². The van der Waals surface area contributed by atoms with E-state index in [0.717, 1.165) is 0 Å². The average molecular weight is 461 g/mol. The molecule has 0 aliphatic heterocycles. The molecule has 0 N–H and O–H groups in total. The molecular weight excluding hydrogens is 420 g/mol. The van der Waals surface area contributed by atoms with Crippen LogP contribution in [0.2, 0.25) is 0 Å². The molecule has 0 aromatic heterocycles. The molecular formula is C22H40N2O8. The minimum absolute atomic E-state index is 0.686. The minimum Gasteiger partial charge on any atom is -0.459 e. The van der Waals surface area contributed by atoms with Crippen molar-refractivity contribution in [1.82, 2.24) is 10.0 Å². The van der Waals surface area contributed by atoms with E-state index in [2.05, 4.69) is 0 Å². The van der Waals surface area contributed by atoms with Gasteiger partial charge in [0, 0.05) is 0 Å². The van der Waals surface area contributed by atoms with Crippen molar-refractivity contribution in [1.29, 1.82) is 0 Å². The van der Waals surface area contributed by atoms with Gasteiger partial charge in [-0.2, -0.15) is 0 Å². The first kappa shape index (κ1) is 29.5. The Morgan fingerprint density at radius 3 is 0.875 bits per heavy atom. The molecule has 10 heteroatoms. The van der Waals surface area contributed by atoms with E-state index < -0.39 is 59.6 Å². The highest BCUT2D eigenvalue weighted by molar-refractivity contribution is 5.83. The van der Waals surface area contributed by atoms with Gasteiger partial charge in [-0.15, -0.1) is 0 Å². The van der Waals surface area contributed by atoms with Crippen molar-refractivity contribution in [3.8, 4) is 0 Å². The Morgan fingerprint density at radius 1 is 0.469 bits per heavy atom. The fourth-order valence-electron chi connectivity index (χ4n) is 2.12. The molecule has 0 bridgehead atoms. The van der Waals surface area contributed by atoms with Gasteiger partial charge < -0.3 is 18.9 Å². The predicted octanol–water partition coefficient (Wildman–Crippen LogP) is 4.06. The molecule has 0 saturated carbocycles. The van der Waals surface area contributed by atoms with Gasteiger partial charge >= 0.3 is 24.1 Å². The normalized spacial score (nSPS) is 12.5. The Balaban J connectivity index is 6.14. The van der Waals surface area contributed by atoms with Gasteiger partial charge in [-0.25, -0.2) is 19.6 Å². The van der Waals surface area contributed by atoms with Crippen molar-refractivity contribution < 1.29 is 38.1 Å². The van der Waals surface area contributed by atoms with E-state index in [1.165, 1.54) is 0 Å².